The average Bonchev–Trinajstić information content (AvgIpc) is 3.32. The molecule has 0 heterocycles. The van der Waals surface area contributed by atoms with Gasteiger partial charge in [-0.1, -0.05) is 260 Å². The van der Waals surface area contributed by atoms with Crippen molar-refractivity contribution in [3.05, 3.63) is 72.9 Å². The number of nitrogens with one attached hydrogen (secondary N) is 1. The molecule has 0 aliphatic heterocycles. The Morgan fingerprint density at radius 3 is 1.26 bits per heavy atom. The molecule has 0 bridgehead atoms. The van der Waals surface area contributed by atoms with Crippen LogP contribution in [-0.4, -0.2) is 73.4 Å². The maximum atomic E-state index is 13.0. The Bertz CT molecular complexity index is 1370. The number of unbranched alkanes of at least 4 members (excludes halogenated alkanes) is 28. The zero-order valence-electron chi connectivity index (χ0n) is 46.5. The minimum Gasteiger partial charge on any atom is -0.391 e. The molecule has 0 aliphatic rings. The number of allylic oxidation sites excluding steroid dienone is 12. The standard InChI is InChI=1S/C61H113N2O6P/c1-6-8-10-12-14-16-18-20-22-24-26-28-30-31-33-34-36-38-40-42-44-46-48-50-52-54-60(64)59(58-69-70(66,67)68-57-56-63(3,4)5)62-61(65)55-53-51-49-47-45-43-41-39-37-35-32-29-27-25-23-21-19-17-15-13-11-9-7-2/h9,11,15,17,21,23,27,29,35,37,41,43,59-60,64H,6-8,10,12-14,16,18-20,22,24-26,28,30-34,36,38-40,42,44-58H2,1-5H3,(H-,62,65,66,67)/p+1/b11-9-,17-15-,23-21-,29-27-,37-35-,43-41-. The second kappa shape index (κ2) is 51.8. The first-order chi connectivity index (χ1) is 34.0. The van der Waals surface area contributed by atoms with Gasteiger partial charge in [0.2, 0.25) is 5.91 Å². The molecule has 3 atom stereocenters. The lowest BCUT2D eigenvalue weighted by Crippen LogP contribution is -2.46. The molecule has 3 unspecified atom stereocenters. The van der Waals surface area contributed by atoms with Crippen molar-refractivity contribution in [3.8, 4) is 0 Å². The van der Waals surface area contributed by atoms with Crippen LogP contribution in [0.1, 0.15) is 258 Å². The van der Waals surface area contributed by atoms with Gasteiger partial charge in [0, 0.05) is 6.42 Å². The maximum absolute atomic E-state index is 13.0. The third-order valence-electron chi connectivity index (χ3n) is 13.0. The van der Waals surface area contributed by atoms with Crippen molar-refractivity contribution in [1.29, 1.82) is 0 Å². The highest BCUT2D eigenvalue weighted by Crippen LogP contribution is 2.43. The summed E-state index contributed by atoms with van der Waals surface area (Å²) in [7, 11) is 1.59. The van der Waals surface area contributed by atoms with Gasteiger partial charge < -0.3 is 19.8 Å². The van der Waals surface area contributed by atoms with Crippen LogP contribution in [0.2, 0.25) is 0 Å². The lowest BCUT2D eigenvalue weighted by molar-refractivity contribution is -0.870. The normalized spacial score (nSPS) is 14.4. The molecule has 9 heteroatoms. The highest BCUT2D eigenvalue weighted by Gasteiger charge is 2.28. The van der Waals surface area contributed by atoms with Gasteiger partial charge in [0.25, 0.3) is 0 Å². The van der Waals surface area contributed by atoms with Gasteiger partial charge >= 0.3 is 7.82 Å². The summed E-state index contributed by atoms with van der Waals surface area (Å²) in [6.45, 7) is 4.77. The van der Waals surface area contributed by atoms with Crippen molar-refractivity contribution >= 4 is 13.7 Å². The van der Waals surface area contributed by atoms with Gasteiger partial charge in [-0.2, -0.15) is 0 Å². The Labute approximate surface area is 434 Å². The van der Waals surface area contributed by atoms with Crippen LogP contribution in [0.3, 0.4) is 0 Å². The van der Waals surface area contributed by atoms with E-state index >= 15 is 0 Å². The number of nitrogens with zero attached hydrogens (tertiary/aromatic N) is 1. The Kier molecular flexibility index (Phi) is 50.3. The number of rotatable bonds is 53. The number of hydrogen-bond acceptors (Lipinski definition) is 5. The van der Waals surface area contributed by atoms with Gasteiger partial charge in [-0.05, 0) is 64.2 Å². The third kappa shape index (κ3) is 53.7. The summed E-state index contributed by atoms with van der Waals surface area (Å²) in [5.74, 6) is -0.168. The molecular weight excluding hydrogens is 888 g/mol. The highest BCUT2D eigenvalue weighted by atomic mass is 31.2. The number of carbonyl (C=O) groups is 1. The fourth-order valence-corrected chi connectivity index (χ4v) is 9.14. The van der Waals surface area contributed by atoms with Crippen molar-refractivity contribution in [1.82, 2.24) is 5.32 Å². The highest BCUT2D eigenvalue weighted by molar-refractivity contribution is 7.47. The van der Waals surface area contributed by atoms with Crippen LogP contribution < -0.4 is 5.32 Å². The van der Waals surface area contributed by atoms with E-state index in [1.807, 2.05) is 21.1 Å². The first-order valence-corrected chi connectivity index (χ1v) is 30.8. The number of phosphoric ester groups is 1. The van der Waals surface area contributed by atoms with Gasteiger partial charge in [-0.25, -0.2) is 4.57 Å². The van der Waals surface area contributed by atoms with Gasteiger partial charge in [-0.3, -0.25) is 13.8 Å². The molecule has 0 aromatic carbocycles. The molecular formula is C61H114N2O6P+. The molecule has 0 aromatic rings. The minimum atomic E-state index is -4.34. The molecule has 0 radical (unpaired) electrons. The van der Waals surface area contributed by atoms with Crippen molar-refractivity contribution < 1.29 is 32.9 Å². The number of aliphatic hydroxyl groups is 1. The van der Waals surface area contributed by atoms with Crippen LogP contribution in [0, 0.1) is 0 Å². The van der Waals surface area contributed by atoms with E-state index < -0.39 is 20.0 Å². The molecule has 0 rings (SSSR count). The summed E-state index contributed by atoms with van der Waals surface area (Å²) >= 11 is 0. The summed E-state index contributed by atoms with van der Waals surface area (Å²) < 4.78 is 23.8. The molecule has 0 spiro atoms. The van der Waals surface area contributed by atoms with Crippen LogP contribution in [0.15, 0.2) is 72.9 Å². The largest absolute Gasteiger partial charge is 0.472 e. The smallest absolute Gasteiger partial charge is 0.391 e. The first kappa shape index (κ1) is 67.9. The number of aliphatic hydroxyl groups excluding tert-OH is 1. The van der Waals surface area contributed by atoms with Crippen LogP contribution in [0.25, 0.3) is 0 Å². The average molecular weight is 1000 g/mol. The van der Waals surface area contributed by atoms with Gasteiger partial charge in [0.1, 0.15) is 13.2 Å². The van der Waals surface area contributed by atoms with Crippen molar-refractivity contribution in [3.63, 3.8) is 0 Å². The molecule has 0 aliphatic carbocycles. The number of phosphoric acid groups is 1. The van der Waals surface area contributed by atoms with Gasteiger partial charge in [0.05, 0.1) is 39.9 Å². The summed E-state index contributed by atoms with van der Waals surface area (Å²) in [5.41, 5.74) is 0. The van der Waals surface area contributed by atoms with E-state index in [1.54, 1.807) is 0 Å². The summed E-state index contributed by atoms with van der Waals surface area (Å²) in [5, 5.41) is 14.1. The Hall–Kier alpha value is -2.06. The van der Waals surface area contributed by atoms with Crippen molar-refractivity contribution in [2.75, 3.05) is 40.9 Å². The third-order valence-corrected chi connectivity index (χ3v) is 14.0. The second-order valence-corrected chi connectivity index (χ2v) is 22.4. The van der Waals surface area contributed by atoms with Gasteiger partial charge in [-0.15, -0.1) is 0 Å². The van der Waals surface area contributed by atoms with Crippen LogP contribution in [0.4, 0.5) is 0 Å². The predicted molar refractivity (Wildman–Crippen MR) is 304 cm³/mol. The zero-order valence-corrected chi connectivity index (χ0v) is 47.4. The predicted octanol–water partition coefficient (Wildman–Crippen LogP) is 17.9. The fraction of sp³-hybridized carbons (Fsp3) is 0.787. The monoisotopic (exact) mass is 1000 g/mol. The molecule has 1 amide bonds. The number of amides is 1. The van der Waals surface area contributed by atoms with E-state index in [4.69, 9.17) is 9.05 Å². The molecule has 0 saturated carbocycles. The van der Waals surface area contributed by atoms with E-state index in [0.717, 1.165) is 89.9 Å². The lowest BCUT2D eigenvalue weighted by atomic mass is 10.0. The van der Waals surface area contributed by atoms with Gasteiger partial charge in [0.15, 0.2) is 0 Å². The minimum absolute atomic E-state index is 0.0660. The number of hydrogen-bond donors (Lipinski definition) is 3. The van der Waals surface area contributed by atoms with Crippen LogP contribution in [-0.2, 0) is 18.4 Å². The number of quaternary nitrogens is 1. The molecule has 70 heavy (non-hydrogen) atoms. The molecule has 0 fully saturated rings. The Morgan fingerprint density at radius 1 is 0.500 bits per heavy atom. The molecule has 8 nitrogen and oxygen atoms in total. The topological polar surface area (TPSA) is 105 Å². The lowest BCUT2D eigenvalue weighted by Gasteiger charge is -2.26. The quantitative estimate of drug-likeness (QED) is 0.0243. The first-order valence-electron chi connectivity index (χ1n) is 29.3. The Balaban J connectivity index is 4.23. The van der Waals surface area contributed by atoms with Crippen molar-refractivity contribution in [2.24, 2.45) is 0 Å². The Morgan fingerprint density at radius 2 is 0.857 bits per heavy atom. The second-order valence-electron chi connectivity index (χ2n) is 21.0. The summed E-state index contributed by atoms with van der Waals surface area (Å²) in [6, 6.07) is -0.780. The maximum Gasteiger partial charge on any atom is 0.472 e. The molecule has 408 valence electrons. The number of carbonyl (C=O) groups excluding carboxylic acids is 1. The van der Waals surface area contributed by atoms with E-state index in [2.05, 4.69) is 92.1 Å². The van der Waals surface area contributed by atoms with Crippen molar-refractivity contribution in [2.45, 2.75) is 270 Å². The molecule has 0 saturated heterocycles. The number of likely N-dealkylation sites (N-methyl/N-ethyl adjacent to an activating group) is 1. The van der Waals surface area contributed by atoms with E-state index in [9.17, 15) is 19.4 Å². The SMILES string of the molecule is CC/C=C\C/C=C\C/C=C\C/C=C\C/C=C\C/C=C\CCCCCCC(=O)NC(COP(=O)(O)OCC[N+](C)(C)C)C(O)CCCCCCCCCCCCCCCCCCCCCCCCCCC. The fourth-order valence-electron chi connectivity index (χ4n) is 8.40. The summed E-state index contributed by atoms with van der Waals surface area (Å²) in [6.07, 6.45) is 71.0. The van der Waals surface area contributed by atoms with Crippen LogP contribution >= 0.6 is 7.82 Å². The molecule has 0 aromatic heterocycles. The summed E-state index contributed by atoms with van der Waals surface area (Å²) in [4.78, 5) is 23.3. The van der Waals surface area contributed by atoms with E-state index in [0.29, 0.717) is 23.9 Å². The zero-order chi connectivity index (χ0) is 51.3. The van der Waals surface area contributed by atoms with E-state index in [-0.39, 0.29) is 19.1 Å². The van der Waals surface area contributed by atoms with Crippen LogP contribution in [0.5, 0.6) is 0 Å². The molecule has 3 N–H and O–H groups in total. The van der Waals surface area contributed by atoms with E-state index in [1.165, 1.54) is 141 Å².